The van der Waals surface area contributed by atoms with Crippen LogP contribution in [0.5, 0.6) is 11.5 Å². The predicted molar refractivity (Wildman–Crippen MR) is 126 cm³/mol. The molecule has 0 saturated heterocycles. The van der Waals surface area contributed by atoms with Gasteiger partial charge in [-0.05, 0) is 48.0 Å². The molecular weight excluding hydrogens is 444 g/mol. The summed E-state index contributed by atoms with van der Waals surface area (Å²) < 4.78 is 42.8. The maximum Gasteiger partial charge on any atom is 0.363 e. The summed E-state index contributed by atoms with van der Waals surface area (Å²) in [7, 11) is -2.05. The van der Waals surface area contributed by atoms with Gasteiger partial charge in [0.2, 0.25) is 15.9 Å². The van der Waals surface area contributed by atoms with E-state index in [1.807, 2.05) is 0 Å². The van der Waals surface area contributed by atoms with Crippen molar-refractivity contribution in [1.29, 1.82) is 0 Å². The van der Waals surface area contributed by atoms with Crippen LogP contribution in [0, 0.1) is 0 Å². The highest BCUT2D eigenvalue weighted by atomic mass is 32.2. The van der Waals surface area contributed by atoms with E-state index in [0.29, 0.717) is 42.3 Å². The van der Waals surface area contributed by atoms with Crippen molar-refractivity contribution in [3.05, 3.63) is 71.9 Å². The van der Waals surface area contributed by atoms with Crippen LogP contribution in [0.4, 0.5) is 0 Å². The number of carbonyl (C=O) groups is 1. The van der Waals surface area contributed by atoms with E-state index >= 15 is 0 Å². The number of rotatable bonds is 10. The number of benzene rings is 2. The first-order valence-electron chi connectivity index (χ1n) is 10.4. The second kappa shape index (κ2) is 10.5. The molecule has 0 atom stereocenters. The Bertz CT molecular complexity index is 1200. The Balaban J connectivity index is 1.85. The minimum atomic E-state index is -3.57. The smallest absolute Gasteiger partial charge is 0.363 e. The fraction of sp³-hybridized carbons (Fsp3) is 0.250. The molecule has 33 heavy (non-hydrogen) atoms. The van der Waals surface area contributed by atoms with Crippen LogP contribution < -0.4 is 9.47 Å². The highest BCUT2D eigenvalue weighted by Gasteiger charge is 2.26. The Labute approximate surface area is 193 Å². The molecule has 8 nitrogen and oxygen atoms in total. The van der Waals surface area contributed by atoms with Gasteiger partial charge in [-0.2, -0.15) is 4.31 Å². The quantitative estimate of drug-likeness (QED) is 0.299. The molecule has 9 heteroatoms. The van der Waals surface area contributed by atoms with Crippen LogP contribution in [0.2, 0.25) is 0 Å². The Kier molecular flexibility index (Phi) is 7.67. The molecule has 0 spiro atoms. The summed E-state index contributed by atoms with van der Waals surface area (Å²) in [6, 6.07) is 11.3. The number of ether oxygens (including phenoxy) is 3. The van der Waals surface area contributed by atoms with Gasteiger partial charge in [-0.3, -0.25) is 0 Å². The van der Waals surface area contributed by atoms with E-state index in [2.05, 4.69) is 11.6 Å². The molecular formula is C24H26N2O6S. The molecule has 2 aromatic carbocycles. The minimum absolute atomic E-state index is 0.107. The van der Waals surface area contributed by atoms with Crippen molar-refractivity contribution in [2.45, 2.75) is 18.7 Å². The Morgan fingerprint density at radius 3 is 2.39 bits per heavy atom. The maximum absolute atomic E-state index is 12.6. The first-order chi connectivity index (χ1) is 15.8. The van der Waals surface area contributed by atoms with E-state index in [0.717, 1.165) is 0 Å². The number of hydrogen-bond acceptors (Lipinski definition) is 7. The van der Waals surface area contributed by atoms with Crippen LogP contribution in [0.15, 0.2) is 70.7 Å². The summed E-state index contributed by atoms with van der Waals surface area (Å²) in [6.45, 7) is 8.29. The molecule has 1 aliphatic heterocycles. The van der Waals surface area contributed by atoms with E-state index in [1.165, 1.54) is 23.5 Å². The fourth-order valence-corrected chi connectivity index (χ4v) is 4.67. The number of carbonyl (C=O) groups excluding carboxylic acids is 1. The van der Waals surface area contributed by atoms with Gasteiger partial charge >= 0.3 is 5.97 Å². The van der Waals surface area contributed by atoms with Crippen molar-refractivity contribution in [1.82, 2.24) is 4.31 Å². The van der Waals surface area contributed by atoms with E-state index < -0.39 is 16.0 Å². The molecule has 3 rings (SSSR count). The first kappa shape index (κ1) is 24.2. The molecule has 0 radical (unpaired) electrons. The van der Waals surface area contributed by atoms with E-state index in [9.17, 15) is 13.2 Å². The number of hydrogen-bond donors (Lipinski definition) is 0. The van der Waals surface area contributed by atoms with Crippen LogP contribution in [-0.4, -0.2) is 51.4 Å². The van der Waals surface area contributed by atoms with E-state index in [4.69, 9.17) is 14.2 Å². The lowest BCUT2D eigenvalue weighted by Crippen LogP contribution is -2.30. The van der Waals surface area contributed by atoms with Crippen LogP contribution in [-0.2, 0) is 19.6 Å². The van der Waals surface area contributed by atoms with Gasteiger partial charge in [0.1, 0.15) is 6.61 Å². The minimum Gasteiger partial charge on any atom is -0.493 e. The summed E-state index contributed by atoms with van der Waals surface area (Å²) >= 11 is 0. The maximum atomic E-state index is 12.6. The zero-order chi connectivity index (χ0) is 24.0. The third kappa shape index (κ3) is 5.32. The van der Waals surface area contributed by atoms with Crippen molar-refractivity contribution in [2.24, 2.45) is 4.99 Å². The zero-order valence-corrected chi connectivity index (χ0v) is 19.6. The molecule has 0 fully saturated rings. The average Bonchev–Trinajstić information content (AvgIpc) is 3.18. The number of aliphatic imine (C=N–C) groups is 1. The first-order valence-corrected chi connectivity index (χ1v) is 11.8. The normalized spacial score (nSPS) is 14.8. The summed E-state index contributed by atoms with van der Waals surface area (Å²) in [5, 5.41) is 0. The van der Waals surface area contributed by atoms with Crippen molar-refractivity contribution < 1.29 is 27.4 Å². The molecule has 0 aliphatic carbocycles. The molecule has 0 aromatic heterocycles. The summed E-state index contributed by atoms with van der Waals surface area (Å²) in [5.74, 6) is 0.566. The van der Waals surface area contributed by atoms with Crippen molar-refractivity contribution >= 4 is 28.0 Å². The summed E-state index contributed by atoms with van der Waals surface area (Å²) in [6.07, 6.45) is 3.21. The van der Waals surface area contributed by atoms with E-state index in [1.54, 1.807) is 56.3 Å². The van der Waals surface area contributed by atoms with Gasteiger partial charge in [-0.15, -0.1) is 0 Å². The fourth-order valence-electron chi connectivity index (χ4n) is 3.21. The molecule has 0 saturated carbocycles. The van der Waals surface area contributed by atoms with Crippen molar-refractivity contribution in [3.8, 4) is 11.5 Å². The highest BCUT2D eigenvalue weighted by molar-refractivity contribution is 7.89. The predicted octanol–water partition coefficient (Wildman–Crippen LogP) is 3.64. The number of esters is 1. The SMILES string of the molecule is C=CCOc1ccc(/C=C2\N=C(c3ccc(S(=O)(=O)N(CC)CC)cc3)OC2=O)cc1OC. The third-order valence-electron chi connectivity index (χ3n) is 4.91. The van der Waals surface area contributed by atoms with E-state index in [-0.39, 0.29) is 16.5 Å². The molecule has 1 aliphatic rings. The lowest BCUT2D eigenvalue weighted by atomic mass is 10.1. The Hall–Kier alpha value is -3.43. The van der Waals surface area contributed by atoms with Crippen LogP contribution in [0.25, 0.3) is 6.08 Å². The molecule has 1 heterocycles. The van der Waals surface area contributed by atoms with Crippen molar-refractivity contribution in [3.63, 3.8) is 0 Å². The Morgan fingerprint density at radius 2 is 1.79 bits per heavy atom. The Morgan fingerprint density at radius 1 is 1.09 bits per heavy atom. The number of cyclic esters (lactones) is 1. The lowest BCUT2D eigenvalue weighted by Gasteiger charge is -2.18. The van der Waals surface area contributed by atoms with Gasteiger partial charge in [0.15, 0.2) is 17.2 Å². The van der Waals surface area contributed by atoms with Gasteiger partial charge in [0.05, 0.1) is 12.0 Å². The molecule has 0 unspecified atom stereocenters. The van der Waals surface area contributed by atoms with Gasteiger partial charge in [-0.1, -0.05) is 32.6 Å². The van der Waals surface area contributed by atoms with Gasteiger partial charge < -0.3 is 14.2 Å². The summed E-state index contributed by atoms with van der Waals surface area (Å²) in [4.78, 5) is 16.8. The monoisotopic (exact) mass is 470 g/mol. The summed E-state index contributed by atoms with van der Waals surface area (Å²) in [5.41, 5.74) is 1.29. The molecule has 2 aromatic rings. The van der Waals surface area contributed by atoms with Gasteiger partial charge in [0.25, 0.3) is 0 Å². The van der Waals surface area contributed by atoms with Crippen LogP contribution in [0.3, 0.4) is 0 Å². The van der Waals surface area contributed by atoms with Gasteiger partial charge in [-0.25, -0.2) is 18.2 Å². The standard InChI is InChI=1S/C24H26N2O6S/c1-5-14-31-21-13-8-17(16-22(21)30-4)15-20-24(27)32-23(25-20)18-9-11-19(12-10-18)33(28,29)26(6-2)7-3/h5,8-13,15-16H,1,6-7,14H2,2-4H3/b20-15-. The molecule has 174 valence electrons. The second-order valence-corrected chi connectivity index (χ2v) is 8.90. The van der Waals surface area contributed by atoms with Crippen LogP contribution in [0.1, 0.15) is 25.0 Å². The topological polar surface area (TPSA) is 94.5 Å². The average molecular weight is 471 g/mol. The highest BCUT2D eigenvalue weighted by Crippen LogP contribution is 2.30. The second-order valence-electron chi connectivity index (χ2n) is 6.96. The zero-order valence-electron chi connectivity index (χ0n) is 18.8. The molecule has 0 N–H and O–H groups in total. The third-order valence-corrected chi connectivity index (χ3v) is 6.98. The number of nitrogens with zero attached hydrogens (tertiary/aromatic N) is 2. The molecule has 0 bridgehead atoms. The molecule has 0 amide bonds. The van der Waals surface area contributed by atoms with Crippen LogP contribution >= 0.6 is 0 Å². The van der Waals surface area contributed by atoms with Crippen molar-refractivity contribution in [2.75, 3.05) is 26.8 Å². The number of sulfonamides is 1. The van der Waals surface area contributed by atoms with Gasteiger partial charge in [0, 0.05) is 18.7 Å². The lowest BCUT2D eigenvalue weighted by molar-refractivity contribution is -0.129. The largest absolute Gasteiger partial charge is 0.493 e. The number of methoxy groups -OCH3 is 1.